The van der Waals surface area contributed by atoms with E-state index in [1.54, 1.807) is 18.2 Å². The molecule has 2 aromatic rings. The molecule has 0 spiro atoms. The lowest BCUT2D eigenvalue weighted by Crippen LogP contribution is -2.31. The minimum absolute atomic E-state index is 0.227. The van der Waals surface area contributed by atoms with E-state index in [4.69, 9.17) is 16.3 Å². The smallest absolute Gasteiger partial charge is 0.329 e. The predicted molar refractivity (Wildman–Crippen MR) is 116 cm³/mol. The molecule has 1 aliphatic heterocycles. The molecule has 1 fully saturated rings. The fourth-order valence-electron chi connectivity index (χ4n) is 2.70. The molecule has 0 bridgehead atoms. The molecule has 146 valence electrons. The molecule has 3 rings (SSSR count). The van der Waals surface area contributed by atoms with Gasteiger partial charge < -0.3 is 10.1 Å². The molecule has 0 radical (unpaired) electrons. The molecule has 0 atom stereocenters. The minimum Gasteiger partial charge on any atom is -0.486 e. The Bertz CT molecular complexity index is 922. The lowest BCUT2D eigenvalue weighted by Gasteiger charge is -2.11. The third-order valence-corrected chi connectivity index (χ3v) is 5.44. The van der Waals surface area contributed by atoms with Crippen LogP contribution in [0, 0.1) is 0 Å². The summed E-state index contributed by atoms with van der Waals surface area (Å²) in [5, 5.41) is 3.00. The lowest BCUT2D eigenvalue weighted by molar-refractivity contribution is -0.122. The van der Waals surface area contributed by atoms with Crippen molar-refractivity contribution in [3.63, 3.8) is 0 Å². The van der Waals surface area contributed by atoms with Crippen molar-refractivity contribution in [2.45, 2.75) is 20.0 Å². The van der Waals surface area contributed by atoms with Crippen LogP contribution >= 0.6 is 43.5 Å². The first-order chi connectivity index (χ1) is 13.4. The van der Waals surface area contributed by atoms with Crippen molar-refractivity contribution < 1.29 is 14.3 Å². The van der Waals surface area contributed by atoms with Crippen LogP contribution in [0.25, 0.3) is 6.08 Å². The fraction of sp³-hybridized carbons (Fsp3) is 0.200. The molecule has 1 N–H and O–H groups in total. The highest BCUT2D eigenvalue weighted by Gasteiger charge is 2.32. The standard InChI is InChI=1S/C20H17Br2ClN2O3/c1-2-7-25-19(26)17(24-20(25)27)10-13-8-15(22)18(16(23)9-13)28-11-12-3-5-14(21)6-4-12/h3-6,8-10H,2,7,11H2,1H3,(H,24,27)/b17-10+. The van der Waals surface area contributed by atoms with Gasteiger partial charge in [-0.1, -0.05) is 46.6 Å². The van der Waals surface area contributed by atoms with E-state index >= 15 is 0 Å². The summed E-state index contributed by atoms with van der Waals surface area (Å²) in [4.78, 5) is 25.4. The molecule has 2 aromatic carbocycles. The Labute approximate surface area is 184 Å². The normalized spacial score (nSPS) is 15.3. The molecule has 1 aliphatic rings. The summed E-state index contributed by atoms with van der Waals surface area (Å²) in [5.41, 5.74) is 1.91. The van der Waals surface area contributed by atoms with Crippen LogP contribution in [0.5, 0.6) is 5.75 Å². The van der Waals surface area contributed by atoms with Crippen molar-refractivity contribution in [3.8, 4) is 5.75 Å². The molecular weight excluding hydrogens is 511 g/mol. The number of urea groups is 1. The maximum absolute atomic E-state index is 12.3. The van der Waals surface area contributed by atoms with Crippen molar-refractivity contribution in [2.24, 2.45) is 0 Å². The van der Waals surface area contributed by atoms with Gasteiger partial charge in [0.1, 0.15) is 12.3 Å². The SMILES string of the molecule is CCCN1C(=O)N/C(=C/c2cc(Cl)c(OCc3ccc(Br)cc3)c(Br)c2)C1=O. The molecule has 0 unspecified atom stereocenters. The molecule has 1 heterocycles. The second-order valence-electron chi connectivity index (χ2n) is 6.17. The van der Waals surface area contributed by atoms with Crippen molar-refractivity contribution in [3.05, 3.63) is 67.2 Å². The summed E-state index contributed by atoms with van der Waals surface area (Å²) in [6, 6.07) is 10.9. The molecule has 1 saturated heterocycles. The highest BCUT2D eigenvalue weighted by atomic mass is 79.9. The highest BCUT2D eigenvalue weighted by Crippen LogP contribution is 2.36. The second-order valence-corrected chi connectivity index (χ2v) is 8.35. The molecule has 28 heavy (non-hydrogen) atoms. The van der Waals surface area contributed by atoms with Gasteiger partial charge in [-0.3, -0.25) is 9.69 Å². The third kappa shape index (κ3) is 4.77. The topological polar surface area (TPSA) is 58.6 Å². The van der Waals surface area contributed by atoms with Crippen LogP contribution in [0.3, 0.4) is 0 Å². The van der Waals surface area contributed by atoms with Crippen LogP contribution in [0.1, 0.15) is 24.5 Å². The molecular formula is C20H17Br2ClN2O3. The van der Waals surface area contributed by atoms with Crippen molar-refractivity contribution in [1.29, 1.82) is 0 Å². The number of carbonyl (C=O) groups is 2. The van der Waals surface area contributed by atoms with Crippen LogP contribution < -0.4 is 10.1 Å². The Morgan fingerprint density at radius 1 is 1.18 bits per heavy atom. The zero-order valence-electron chi connectivity index (χ0n) is 15.0. The van der Waals surface area contributed by atoms with E-state index in [9.17, 15) is 9.59 Å². The Hall–Kier alpha value is -1.83. The van der Waals surface area contributed by atoms with Gasteiger partial charge in [0.05, 0.1) is 9.50 Å². The van der Waals surface area contributed by atoms with Crippen LogP contribution in [0.2, 0.25) is 5.02 Å². The van der Waals surface area contributed by atoms with E-state index in [1.807, 2.05) is 31.2 Å². The molecule has 8 heteroatoms. The highest BCUT2D eigenvalue weighted by molar-refractivity contribution is 9.10. The largest absolute Gasteiger partial charge is 0.486 e. The second kappa shape index (κ2) is 9.11. The summed E-state index contributed by atoms with van der Waals surface area (Å²) < 4.78 is 7.50. The summed E-state index contributed by atoms with van der Waals surface area (Å²) in [6.45, 7) is 2.66. The van der Waals surface area contributed by atoms with Crippen molar-refractivity contribution in [2.75, 3.05) is 6.54 Å². The van der Waals surface area contributed by atoms with Gasteiger partial charge in [-0.05, 0) is 63.8 Å². The number of amides is 3. The molecule has 5 nitrogen and oxygen atoms in total. The first-order valence-corrected chi connectivity index (χ1v) is 10.6. The number of carbonyl (C=O) groups excluding carboxylic acids is 2. The number of hydrogen-bond donors (Lipinski definition) is 1. The number of benzene rings is 2. The van der Waals surface area contributed by atoms with E-state index in [-0.39, 0.29) is 11.6 Å². The van der Waals surface area contributed by atoms with Gasteiger partial charge >= 0.3 is 6.03 Å². The van der Waals surface area contributed by atoms with Gasteiger partial charge in [-0.15, -0.1) is 0 Å². The monoisotopic (exact) mass is 526 g/mol. The molecule has 0 saturated carbocycles. The van der Waals surface area contributed by atoms with Crippen LogP contribution in [-0.4, -0.2) is 23.4 Å². The van der Waals surface area contributed by atoms with Crippen molar-refractivity contribution in [1.82, 2.24) is 10.2 Å². The molecule has 0 aromatic heterocycles. The van der Waals surface area contributed by atoms with Crippen molar-refractivity contribution >= 4 is 61.5 Å². The van der Waals surface area contributed by atoms with Gasteiger partial charge in [0, 0.05) is 11.0 Å². The van der Waals surface area contributed by atoms with E-state index in [0.717, 1.165) is 10.0 Å². The van der Waals surface area contributed by atoms with Crippen LogP contribution in [0.4, 0.5) is 4.79 Å². The molecule has 0 aliphatic carbocycles. The first-order valence-electron chi connectivity index (χ1n) is 8.60. The summed E-state index contributed by atoms with van der Waals surface area (Å²) in [7, 11) is 0. The maximum Gasteiger partial charge on any atom is 0.329 e. The number of rotatable bonds is 6. The quantitative estimate of drug-likeness (QED) is 0.384. The van der Waals surface area contributed by atoms with E-state index in [1.165, 1.54) is 4.90 Å². The average Bonchev–Trinajstić information content (AvgIpc) is 2.90. The van der Waals surface area contributed by atoms with Crippen LogP contribution in [-0.2, 0) is 11.4 Å². The maximum atomic E-state index is 12.3. The minimum atomic E-state index is -0.405. The van der Waals surface area contributed by atoms with E-state index < -0.39 is 6.03 Å². The van der Waals surface area contributed by atoms with Gasteiger partial charge in [-0.2, -0.15) is 0 Å². The summed E-state index contributed by atoms with van der Waals surface area (Å²) in [6.07, 6.45) is 2.30. The number of nitrogens with one attached hydrogen (secondary N) is 1. The Balaban J connectivity index is 1.77. The van der Waals surface area contributed by atoms with Gasteiger partial charge in [0.2, 0.25) is 0 Å². The van der Waals surface area contributed by atoms with Gasteiger partial charge in [-0.25, -0.2) is 4.79 Å². The van der Waals surface area contributed by atoms with Crippen LogP contribution in [0.15, 0.2) is 51.0 Å². The predicted octanol–water partition coefficient (Wildman–Crippen LogP) is 5.75. The van der Waals surface area contributed by atoms with Gasteiger partial charge in [0.25, 0.3) is 5.91 Å². The van der Waals surface area contributed by atoms with E-state index in [0.29, 0.717) is 40.4 Å². The zero-order valence-corrected chi connectivity index (χ0v) is 18.9. The number of nitrogens with zero attached hydrogens (tertiary/aromatic N) is 1. The lowest BCUT2D eigenvalue weighted by atomic mass is 10.1. The Morgan fingerprint density at radius 3 is 2.54 bits per heavy atom. The first kappa shape index (κ1) is 20.9. The number of imide groups is 1. The summed E-state index contributed by atoms with van der Waals surface area (Å²) >= 11 is 13.2. The number of hydrogen-bond acceptors (Lipinski definition) is 3. The Kier molecular flexibility index (Phi) is 6.80. The average molecular weight is 529 g/mol. The third-order valence-electron chi connectivity index (χ3n) is 4.04. The molecule has 3 amide bonds. The summed E-state index contributed by atoms with van der Waals surface area (Å²) in [5.74, 6) is 0.177. The Morgan fingerprint density at radius 2 is 1.89 bits per heavy atom. The van der Waals surface area contributed by atoms with E-state index in [2.05, 4.69) is 37.2 Å². The number of ether oxygens (including phenoxy) is 1. The fourth-order valence-corrected chi connectivity index (χ4v) is 3.96. The number of halogens is 3. The zero-order chi connectivity index (χ0) is 20.3. The van der Waals surface area contributed by atoms with Gasteiger partial charge in [0.15, 0.2) is 5.75 Å².